The van der Waals surface area contributed by atoms with Gasteiger partial charge in [0.05, 0.1) is 17.8 Å². The van der Waals surface area contributed by atoms with Gasteiger partial charge in [-0.15, -0.1) is 11.3 Å². The summed E-state index contributed by atoms with van der Waals surface area (Å²) in [6.45, 7) is 3.00. The van der Waals surface area contributed by atoms with Crippen LogP contribution in [0.2, 0.25) is 0 Å². The topological polar surface area (TPSA) is 45.1 Å². The van der Waals surface area contributed by atoms with Crippen LogP contribution in [-0.4, -0.2) is 22.7 Å². The average molecular weight is 186 g/mol. The molecule has 0 bridgehead atoms. The van der Waals surface area contributed by atoms with Crippen LogP contribution in [0, 0.1) is 0 Å². The van der Waals surface area contributed by atoms with Crippen molar-refractivity contribution in [2.45, 2.75) is 25.9 Å². The van der Waals surface area contributed by atoms with Crippen LogP contribution in [-0.2, 0) is 6.54 Å². The van der Waals surface area contributed by atoms with Crippen molar-refractivity contribution in [3.63, 3.8) is 0 Å². The van der Waals surface area contributed by atoms with Gasteiger partial charge in [0.2, 0.25) is 0 Å². The predicted octanol–water partition coefficient (Wildman–Crippen LogP) is 1.00. The Hall–Kier alpha value is -0.450. The van der Waals surface area contributed by atoms with Crippen molar-refractivity contribution in [2.24, 2.45) is 0 Å². The smallest absolute Gasteiger partial charge is 0.0795 e. The first-order valence-corrected chi connectivity index (χ1v) is 5.02. The minimum atomic E-state index is 0.195. The number of aliphatic hydroxyl groups is 1. The maximum atomic E-state index is 8.87. The average Bonchev–Trinajstić information content (AvgIpc) is 2.59. The molecule has 0 saturated carbocycles. The highest BCUT2D eigenvalue weighted by molar-refractivity contribution is 7.07. The molecule has 2 N–H and O–H groups in total. The number of hydrogen-bond donors (Lipinski definition) is 2. The lowest BCUT2D eigenvalue weighted by atomic mass is 10.2. The van der Waals surface area contributed by atoms with Gasteiger partial charge in [-0.3, -0.25) is 0 Å². The van der Waals surface area contributed by atoms with Crippen molar-refractivity contribution in [3.8, 4) is 0 Å². The third-order valence-electron chi connectivity index (χ3n) is 1.77. The molecule has 1 aromatic rings. The van der Waals surface area contributed by atoms with Crippen molar-refractivity contribution in [3.05, 3.63) is 16.6 Å². The zero-order valence-electron chi connectivity index (χ0n) is 7.16. The number of aromatic nitrogens is 1. The molecule has 0 amide bonds. The molecule has 0 unspecified atom stereocenters. The fraction of sp³-hybridized carbons (Fsp3) is 0.625. The van der Waals surface area contributed by atoms with Crippen LogP contribution < -0.4 is 5.32 Å². The first kappa shape index (κ1) is 9.64. The molecule has 1 atom stereocenters. The molecule has 4 heteroatoms. The molecule has 0 radical (unpaired) electrons. The Morgan fingerprint density at radius 2 is 2.58 bits per heavy atom. The Labute approximate surface area is 76.5 Å². The van der Waals surface area contributed by atoms with E-state index in [-0.39, 0.29) is 12.6 Å². The standard InChI is InChI=1S/C8H14N2OS/c1-2-7(4-11)9-3-8-5-12-6-10-8/h5-7,9,11H,2-4H2,1H3/t7-/m1/s1. The quantitative estimate of drug-likeness (QED) is 0.721. The summed E-state index contributed by atoms with van der Waals surface area (Å²) in [4.78, 5) is 4.13. The van der Waals surface area contributed by atoms with Crippen molar-refractivity contribution < 1.29 is 5.11 Å². The zero-order valence-corrected chi connectivity index (χ0v) is 7.97. The number of hydrogen-bond acceptors (Lipinski definition) is 4. The minimum Gasteiger partial charge on any atom is -0.395 e. The Morgan fingerprint density at radius 1 is 1.75 bits per heavy atom. The van der Waals surface area contributed by atoms with Gasteiger partial charge in [0.25, 0.3) is 0 Å². The van der Waals surface area contributed by atoms with Gasteiger partial charge in [-0.05, 0) is 6.42 Å². The highest BCUT2D eigenvalue weighted by Crippen LogP contribution is 2.01. The van der Waals surface area contributed by atoms with Crippen LogP contribution in [0.3, 0.4) is 0 Å². The molecule has 3 nitrogen and oxygen atoms in total. The summed E-state index contributed by atoms with van der Waals surface area (Å²) >= 11 is 1.59. The predicted molar refractivity (Wildman–Crippen MR) is 50.1 cm³/mol. The number of aliphatic hydroxyl groups excluding tert-OH is 1. The Balaban J connectivity index is 2.25. The van der Waals surface area contributed by atoms with Gasteiger partial charge in [-0.25, -0.2) is 4.98 Å². The molecular weight excluding hydrogens is 172 g/mol. The highest BCUT2D eigenvalue weighted by Gasteiger charge is 2.03. The molecule has 0 aliphatic carbocycles. The third-order valence-corrected chi connectivity index (χ3v) is 2.40. The van der Waals surface area contributed by atoms with E-state index in [1.165, 1.54) is 0 Å². The molecule has 12 heavy (non-hydrogen) atoms. The van der Waals surface area contributed by atoms with E-state index in [0.717, 1.165) is 18.7 Å². The third kappa shape index (κ3) is 2.89. The summed E-state index contributed by atoms with van der Waals surface area (Å²) in [6.07, 6.45) is 0.945. The van der Waals surface area contributed by atoms with Crippen LogP contribution >= 0.6 is 11.3 Å². The van der Waals surface area contributed by atoms with E-state index < -0.39 is 0 Å². The van der Waals surface area contributed by atoms with Crippen molar-refractivity contribution >= 4 is 11.3 Å². The number of thiazole rings is 1. The van der Waals surface area contributed by atoms with Crippen molar-refractivity contribution in [1.29, 1.82) is 0 Å². The number of nitrogens with one attached hydrogen (secondary N) is 1. The summed E-state index contributed by atoms with van der Waals surface area (Å²) in [6, 6.07) is 0.201. The highest BCUT2D eigenvalue weighted by atomic mass is 32.1. The molecule has 0 aromatic carbocycles. The van der Waals surface area contributed by atoms with Gasteiger partial charge in [-0.1, -0.05) is 6.92 Å². The summed E-state index contributed by atoms with van der Waals surface area (Å²) in [5.74, 6) is 0. The summed E-state index contributed by atoms with van der Waals surface area (Å²) in [5, 5.41) is 14.1. The lowest BCUT2D eigenvalue weighted by Crippen LogP contribution is -2.31. The van der Waals surface area contributed by atoms with E-state index in [1.54, 1.807) is 11.3 Å². The molecule has 68 valence electrons. The summed E-state index contributed by atoms with van der Waals surface area (Å²) in [5.41, 5.74) is 2.86. The van der Waals surface area contributed by atoms with Gasteiger partial charge in [0.15, 0.2) is 0 Å². The second kappa shape index (κ2) is 5.24. The van der Waals surface area contributed by atoms with Gasteiger partial charge in [0, 0.05) is 18.0 Å². The molecule has 1 heterocycles. The molecule has 0 spiro atoms. The lowest BCUT2D eigenvalue weighted by molar-refractivity contribution is 0.238. The molecule has 0 fully saturated rings. The normalized spacial score (nSPS) is 13.2. The van der Waals surface area contributed by atoms with E-state index in [0.29, 0.717) is 0 Å². The maximum absolute atomic E-state index is 8.87. The fourth-order valence-electron chi connectivity index (χ4n) is 0.912. The first-order valence-electron chi connectivity index (χ1n) is 4.08. The van der Waals surface area contributed by atoms with Crippen LogP contribution in [0.1, 0.15) is 19.0 Å². The van der Waals surface area contributed by atoms with Crippen LogP contribution in [0.4, 0.5) is 0 Å². The van der Waals surface area contributed by atoms with Gasteiger partial charge < -0.3 is 10.4 Å². The summed E-state index contributed by atoms with van der Waals surface area (Å²) < 4.78 is 0. The molecule has 1 rings (SSSR count). The van der Waals surface area contributed by atoms with Crippen LogP contribution in [0.25, 0.3) is 0 Å². The number of rotatable bonds is 5. The molecule has 0 aliphatic heterocycles. The van der Waals surface area contributed by atoms with E-state index in [4.69, 9.17) is 5.11 Å². The van der Waals surface area contributed by atoms with E-state index in [2.05, 4.69) is 17.2 Å². The largest absolute Gasteiger partial charge is 0.395 e. The maximum Gasteiger partial charge on any atom is 0.0795 e. The Kier molecular flexibility index (Phi) is 4.21. The van der Waals surface area contributed by atoms with Crippen molar-refractivity contribution in [2.75, 3.05) is 6.61 Å². The van der Waals surface area contributed by atoms with Gasteiger partial charge in [-0.2, -0.15) is 0 Å². The Morgan fingerprint density at radius 3 is 3.08 bits per heavy atom. The summed E-state index contributed by atoms with van der Waals surface area (Å²) in [7, 11) is 0. The van der Waals surface area contributed by atoms with E-state index in [1.807, 2.05) is 10.9 Å². The van der Waals surface area contributed by atoms with Crippen molar-refractivity contribution in [1.82, 2.24) is 10.3 Å². The molecular formula is C8H14N2OS. The molecule has 0 aliphatic rings. The molecule has 0 saturated heterocycles. The fourth-order valence-corrected chi connectivity index (χ4v) is 1.47. The van der Waals surface area contributed by atoms with Gasteiger partial charge in [0.1, 0.15) is 0 Å². The van der Waals surface area contributed by atoms with Gasteiger partial charge >= 0.3 is 0 Å². The zero-order chi connectivity index (χ0) is 8.81. The monoisotopic (exact) mass is 186 g/mol. The van der Waals surface area contributed by atoms with Crippen LogP contribution in [0.5, 0.6) is 0 Å². The molecule has 1 aromatic heterocycles. The SMILES string of the molecule is CC[C@H](CO)NCc1cscn1. The van der Waals surface area contributed by atoms with E-state index >= 15 is 0 Å². The minimum absolute atomic E-state index is 0.195. The second-order valence-corrected chi connectivity index (χ2v) is 3.37. The lowest BCUT2D eigenvalue weighted by Gasteiger charge is -2.12. The number of nitrogens with zero attached hydrogens (tertiary/aromatic N) is 1. The van der Waals surface area contributed by atoms with E-state index in [9.17, 15) is 0 Å². The second-order valence-electron chi connectivity index (χ2n) is 2.65. The first-order chi connectivity index (χ1) is 5.86. The Bertz CT molecular complexity index is 197. The van der Waals surface area contributed by atoms with Crippen LogP contribution in [0.15, 0.2) is 10.9 Å².